The van der Waals surface area contributed by atoms with E-state index in [1.807, 2.05) is 32.9 Å². The van der Waals surface area contributed by atoms with Gasteiger partial charge in [-0.3, -0.25) is 14.4 Å². The van der Waals surface area contributed by atoms with E-state index in [1.165, 1.54) is 19.1 Å². The fraction of sp³-hybridized carbons (Fsp3) is 0.814. The molecule has 2 unspecified atom stereocenters. The number of methoxy groups -OCH3 is 3. The number of aliphatic hydroxyl groups is 3. The minimum absolute atomic E-state index is 0.000447. The van der Waals surface area contributed by atoms with Gasteiger partial charge >= 0.3 is 5.97 Å². The van der Waals surface area contributed by atoms with Crippen molar-refractivity contribution in [2.24, 2.45) is 29.6 Å². The quantitative estimate of drug-likeness (QED) is 0.196. The maximum Gasteiger partial charge on any atom is 0.329 e. The largest absolute Gasteiger partial charge is 0.456 e. The summed E-state index contributed by atoms with van der Waals surface area (Å²) in [6, 6.07) is -1.13. The smallest absolute Gasteiger partial charge is 0.329 e. The number of cyclic esters (lactones) is 1. The van der Waals surface area contributed by atoms with E-state index in [4.69, 9.17) is 23.7 Å². The monoisotopic (exact) mass is 791 g/mol. The van der Waals surface area contributed by atoms with Crippen LogP contribution in [0.1, 0.15) is 112 Å². The maximum absolute atomic E-state index is 14.3. The molecule has 0 spiro atoms. The van der Waals surface area contributed by atoms with E-state index in [9.17, 15) is 34.5 Å². The standard InChI is InChI=1S/C43H69NO12/c1-10-30-18-24(2)17-25(3)19-36(53-8)39-37(54-9)21-27(5)43(51,56-39)40(48)41(49)44-16-12-11-13-31(44)42(50)55-38(28(6)33(46)23-34(30)47)26(4)20-29-14-15-32(45)35(22-29)52-7/h18,20,24-25,27-29,31-33,35-39,45-46,51H,10-17,19,21-23H2,1-9H3/b26-20?,30-18+/t24?,25-,27+,28-,29?,31-,32+,33-,35+,36-,37-,38+,39+,43+/m0/s1. The van der Waals surface area contributed by atoms with Crippen LogP contribution in [0, 0.1) is 29.6 Å². The van der Waals surface area contributed by atoms with Gasteiger partial charge in [0.05, 0.1) is 30.5 Å². The van der Waals surface area contributed by atoms with Crippen molar-refractivity contribution in [2.45, 2.75) is 167 Å². The van der Waals surface area contributed by atoms with Crippen molar-refractivity contribution in [1.29, 1.82) is 0 Å². The lowest BCUT2D eigenvalue weighted by Crippen LogP contribution is -2.64. The molecular weight excluding hydrogens is 722 g/mol. The number of carbonyl (C=O) groups excluding carboxylic acids is 4. The molecule has 0 radical (unpaired) electrons. The fourth-order valence-electron chi connectivity index (χ4n) is 9.42. The molecule has 0 aromatic rings. The average Bonchev–Trinajstić information content (AvgIpc) is 3.18. The van der Waals surface area contributed by atoms with Gasteiger partial charge in [0.15, 0.2) is 5.78 Å². The SMILES string of the molecule is CC/C1=C\C(C)C[C@H](C)C[C@H](OC)[C@H]2O[C@@](O)(C(=O)C(=O)N3CCCC[C@H]3C(=O)O[C@H](C(C)=CC3CC[C@@H](O)[C@H](OC)C3)[C@@H](C)[C@@H](O)CC1=O)[C@H](C)C[C@@H]2OC. The molecule has 318 valence electrons. The summed E-state index contributed by atoms with van der Waals surface area (Å²) in [7, 11) is 4.63. The normalized spacial score (nSPS) is 41.6. The van der Waals surface area contributed by atoms with Crippen molar-refractivity contribution in [3.8, 4) is 0 Å². The predicted octanol–water partition coefficient (Wildman–Crippen LogP) is 4.47. The number of ether oxygens (including phenoxy) is 5. The van der Waals surface area contributed by atoms with E-state index in [1.54, 1.807) is 21.0 Å². The highest BCUT2D eigenvalue weighted by Crippen LogP contribution is 2.39. The first-order valence-electron chi connectivity index (χ1n) is 20.8. The highest BCUT2D eigenvalue weighted by molar-refractivity contribution is 6.39. The molecule has 4 aliphatic rings. The summed E-state index contributed by atoms with van der Waals surface area (Å²) in [5, 5.41) is 34.1. The number of esters is 1. The number of carbonyl (C=O) groups is 4. The van der Waals surface area contributed by atoms with Crippen molar-refractivity contribution < 1.29 is 58.2 Å². The summed E-state index contributed by atoms with van der Waals surface area (Å²) >= 11 is 0. The van der Waals surface area contributed by atoms with Gasteiger partial charge in [-0.1, -0.05) is 46.8 Å². The molecule has 2 saturated heterocycles. The summed E-state index contributed by atoms with van der Waals surface area (Å²) in [6.45, 7) is 11.3. The second-order valence-corrected chi connectivity index (χ2v) is 17.1. The Morgan fingerprint density at radius 3 is 2.20 bits per heavy atom. The van der Waals surface area contributed by atoms with Crippen molar-refractivity contribution in [3.05, 3.63) is 23.3 Å². The number of fused-ring (bicyclic) bond motifs is 3. The van der Waals surface area contributed by atoms with Crippen LogP contribution >= 0.6 is 0 Å². The van der Waals surface area contributed by atoms with Gasteiger partial charge in [-0.15, -0.1) is 0 Å². The van der Waals surface area contributed by atoms with E-state index in [2.05, 4.69) is 6.92 Å². The molecule has 3 aliphatic heterocycles. The Morgan fingerprint density at radius 2 is 1.55 bits per heavy atom. The Hall–Kier alpha value is -2.52. The second kappa shape index (κ2) is 20.4. The van der Waals surface area contributed by atoms with Crippen LogP contribution in [0.25, 0.3) is 0 Å². The van der Waals surface area contributed by atoms with Gasteiger partial charge in [0.1, 0.15) is 18.2 Å². The number of allylic oxidation sites excluding steroid dienone is 3. The Balaban J connectivity index is 1.76. The lowest BCUT2D eigenvalue weighted by molar-refractivity contribution is -0.302. The van der Waals surface area contributed by atoms with Gasteiger partial charge in [-0.25, -0.2) is 4.79 Å². The zero-order valence-corrected chi connectivity index (χ0v) is 35.1. The van der Waals surface area contributed by atoms with Gasteiger partial charge in [0.25, 0.3) is 11.7 Å². The third-order valence-corrected chi connectivity index (χ3v) is 12.9. The second-order valence-electron chi connectivity index (χ2n) is 17.1. The zero-order chi connectivity index (χ0) is 41.5. The maximum atomic E-state index is 14.3. The van der Waals surface area contributed by atoms with E-state index in [-0.39, 0.29) is 55.4 Å². The van der Waals surface area contributed by atoms with Crippen molar-refractivity contribution in [3.63, 3.8) is 0 Å². The molecule has 13 nitrogen and oxygen atoms in total. The summed E-state index contributed by atoms with van der Waals surface area (Å²) in [6.07, 6.45) is 3.70. The van der Waals surface area contributed by atoms with Gasteiger partial charge < -0.3 is 43.9 Å². The molecular formula is C43H69NO12. The minimum Gasteiger partial charge on any atom is -0.456 e. The Bertz CT molecular complexity index is 1430. The first-order chi connectivity index (χ1) is 26.5. The number of Topliss-reactive ketones (excluding diaryl/α,β-unsaturated/α-hetero) is 2. The lowest BCUT2D eigenvalue weighted by atomic mass is 9.81. The topological polar surface area (TPSA) is 178 Å². The highest BCUT2D eigenvalue weighted by atomic mass is 16.7. The lowest BCUT2D eigenvalue weighted by Gasteiger charge is -2.47. The number of rotatable bonds is 6. The molecule has 2 bridgehead atoms. The van der Waals surface area contributed by atoms with E-state index >= 15 is 0 Å². The number of hydrogen-bond donors (Lipinski definition) is 3. The van der Waals surface area contributed by atoms with E-state index < -0.39 is 77.9 Å². The molecule has 0 aromatic heterocycles. The van der Waals surface area contributed by atoms with Crippen LogP contribution in [0.3, 0.4) is 0 Å². The van der Waals surface area contributed by atoms with Crippen LogP contribution < -0.4 is 0 Å². The minimum atomic E-state index is -2.50. The number of piperidine rings is 1. The molecule has 14 atom stereocenters. The molecule has 1 saturated carbocycles. The Kier molecular flexibility index (Phi) is 16.9. The van der Waals surface area contributed by atoms with Gasteiger partial charge in [0, 0.05) is 46.1 Å². The predicted molar refractivity (Wildman–Crippen MR) is 208 cm³/mol. The third-order valence-electron chi connectivity index (χ3n) is 12.9. The van der Waals surface area contributed by atoms with Gasteiger partial charge in [0.2, 0.25) is 5.79 Å². The number of nitrogens with zero attached hydrogens (tertiary/aromatic N) is 1. The highest BCUT2D eigenvalue weighted by Gasteiger charge is 2.56. The Labute approximate surface area is 333 Å². The van der Waals surface area contributed by atoms with E-state index in [0.29, 0.717) is 62.5 Å². The summed E-state index contributed by atoms with van der Waals surface area (Å²) in [5.74, 6) is -7.11. The number of amides is 1. The van der Waals surface area contributed by atoms with Crippen molar-refractivity contribution >= 4 is 23.4 Å². The van der Waals surface area contributed by atoms with Gasteiger partial charge in [-0.05, 0) is 100 Å². The third kappa shape index (κ3) is 10.7. The van der Waals surface area contributed by atoms with Crippen LogP contribution in [0.2, 0.25) is 0 Å². The van der Waals surface area contributed by atoms with Crippen LogP contribution in [0.5, 0.6) is 0 Å². The summed E-state index contributed by atoms with van der Waals surface area (Å²) < 4.78 is 29.7. The molecule has 3 N–H and O–H groups in total. The molecule has 13 heteroatoms. The van der Waals surface area contributed by atoms with E-state index in [0.717, 1.165) is 0 Å². The molecule has 56 heavy (non-hydrogen) atoms. The molecule has 4 rings (SSSR count). The van der Waals surface area contributed by atoms with Crippen LogP contribution in [-0.2, 0) is 42.9 Å². The molecule has 1 aliphatic carbocycles. The van der Waals surface area contributed by atoms with Gasteiger partial charge in [-0.2, -0.15) is 0 Å². The number of aliphatic hydroxyl groups excluding tert-OH is 2. The summed E-state index contributed by atoms with van der Waals surface area (Å²) in [4.78, 5) is 57.6. The van der Waals surface area contributed by atoms with Crippen LogP contribution in [-0.4, -0.2) is 126 Å². The number of ketones is 2. The van der Waals surface area contributed by atoms with Crippen LogP contribution in [0.4, 0.5) is 0 Å². The van der Waals surface area contributed by atoms with Crippen LogP contribution in [0.15, 0.2) is 23.3 Å². The number of hydrogen-bond acceptors (Lipinski definition) is 12. The zero-order valence-electron chi connectivity index (χ0n) is 35.1. The average molecular weight is 792 g/mol. The molecule has 1 amide bonds. The van der Waals surface area contributed by atoms with Crippen molar-refractivity contribution in [1.82, 2.24) is 4.90 Å². The molecule has 0 aromatic carbocycles. The summed E-state index contributed by atoms with van der Waals surface area (Å²) in [5.41, 5.74) is 1.28. The first kappa shape index (κ1) is 46.2. The molecule has 3 fully saturated rings. The fourth-order valence-corrected chi connectivity index (χ4v) is 9.42. The molecule has 3 heterocycles. The first-order valence-corrected chi connectivity index (χ1v) is 20.8. The van der Waals surface area contributed by atoms with Crippen molar-refractivity contribution in [2.75, 3.05) is 27.9 Å². The Morgan fingerprint density at radius 1 is 0.893 bits per heavy atom.